The number of hydrogen-bond acceptors (Lipinski definition) is 3. The Morgan fingerprint density at radius 3 is 2.59 bits per heavy atom. The van der Waals surface area contributed by atoms with Crippen molar-refractivity contribution in [3.05, 3.63) is 65.7 Å². The molecule has 2 aromatic rings. The monoisotopic (exact) mass is 363 g/mol. The van der Waals surface area contributed by atoms with E-state index in [0.717, 1.165) is 42.7 Å². The fraction of sp³-hybridized carbons (Fsp3) is 0.417. The minimum atomic E-state index is -1.06. The van der Waals surface area contributed by atoms with E-state index in [-0.39, 0.29) is 11.8 Å². The van der Waals surface area contributed by atoms with Crippen LogP contribution in [0.3, 0.4) is 0 Å². The van der Waals surface area contributed by atoms with Crippen molar-refractivity contribution < 1.29 is 9.84 Å². The van der Waals surface area contributed by atoms with Gasteiger partial charge in [-0.05, 0) is 56.8 Å². The van der Waals surface area contributed by atoms with Crippen LogP contribution in [0, 0.1) is 17.8 Å². The van der Waals surface area contributed by atoms with Gasteiger partial charge in [-0.1, -0.05) is 48.6 Å². The number of methoxy groups -OCH3 is 1. The van der Waals surface area contributed by atoms with Crippen LogP contribution in [0.5, 0.6) is 5.75 Å². The second-order valence-corrected chi connectivity index (χ2v) is 7.66. The first kappa shape index (κ1) is 19.5. The van der Waals surface area contributed by atoms with Crippen molar-refractivity contribution >= 4 is 0 Å². The quantitative estimate of drug-likeness (QED) is 0.836. The molecule has 3 atom stereocenters. The van der Waals surface area contributed by atoms with Crippen molar-refractivity contribution in [2.45, 2.75) is 30.8 Å². The maximum absolute atomic E-state index is 11.9. The molecule has 1 N–H and O–H groups in total. The molecule has 2 aromatic carbocycles. The van der Waals surface area contributed by atoms with Gasteiger partial charge in [0.05, 0.1) is 7.11 Å². The maximum Gasteiger partial charge on any atom is 0.136 e. The lowest BCUT2D eigenvalue weighted by atomic mass is 9.66. The van der Waals surface area contributed by atoms with Crippen LogP contribution in [0.4, 0.5) is 0 Å². The van der Waals surface area contributed by atoms with E-state index in [1.165, 1.54) is 0 Å². The molecule has 0 saturated heterocycles. The average Bonchev–Trinajstić information content (AvgIpc) is 2.69. The van der Waals surface area contributed by atoms with Crippen LogP contribution < -0.4 is 4.74 Å². The van der Waals surface area contributed by atoms with Crippen LogP contribution in [-0.4, -0.2) is 43.4 Å². The first-order valence-electron chi connectivity index (χ1n) is 9.62. The smallest absolute Gasteiger partial charge is 0.136 e. The molecule has 1 saturated carbocycles. The van der Waals surface area contributed by atoms with Crippen molar-refractivity contribution in [1.82, 2.24) is 4.90 Å². The number of rotatable bonds is 4. The molecular weight excluding hydrogens is 334 g/mol. The zero-order valence-corrected chi connectivity index (χ0v) is 16.5. The van der Waals surface area contributed by atoms with E-state index in [1.807, 2.05) is 48.5 Å². The van der Waals surface area contributed by atoms with Crippen LogP contribution in [0.15, 0.2) is 54.6 Å². The fourth-order valence-electron chi connectivity index (χ4n) is 4.13. The Kier molecular flexibility index (Phi) is 6.21. The lowest BCUT2D eigenvalue weighted by molar-refractivity contribution is -0.0248. The van der Waals surface area contributed by atoms with Crippen LogP contribution in [-0.2, 0) is 0 Å². The number of benzene rings is 2. The van der Waals surface area contributed by atoms with E-state index >= 15 is 0 Å². The van der Waals surface area contributed by atoms with Gasteiger partial charge in [0.1, 0.15) is 11.4 Å². The zero-order valence-electron chi connectivity index (χ0n) is 16.5. The van der Waals surface area contributed by atoms with E-state index in [4.69, 9.17) is 4.74 Å². The molecule has 1 aliphatic carbocycles. The Labute approximate surface area is 163 Å². The van der Waals surface area contributed by atoms with Crippen LogP contribution >= 0.6 is 0 Å². The van der Waals surface area contributed by atoms with Gasteiger partial charge in [-0.3, -0.25) is 0 Å². The summed E-state index contributed by atoms with van der Waals surface area (Å²) in [4.78, 5) is 2.15. The first-order valence-corrected chi connectivity index (χ1v) is 9.62. The molecule has 0 radical (unpaired) electrons. The highest BCUT2D eigenvalue weighted by molar-refractivity contribution is 5.41. The molecule has 0 spiro atoms. The second kappa shape index (κ2) is 8.61. The largest absolute Gasteiger partial charge is 0.497 e. The third kappa shape index (κ3) is 4.53. The SMILES string of the molecule is COc1cccc(C2CCCC(CN(C)C)C2(O)C#Cc2ccccc2)c1. The third-order valence-corrected chi connectivity index (χ3v) is 5.46. The van der Waals surface area contributed by atoms with E-state index in [2.05, 4.69) is 36.9 Å². The lowest BCUT2D eigenvalue weighted by Crippen LogP contribution is -2.49. The summed E-state index contributed by atoms with van der Waals surface area (Å²) in [6, 6.07) is 18.0. The van der Waals surface area contributed by atoms with Gasteiger partial charge < -0.3 is 14.7 Å². The molecule has 142 valence electrons. The highest BCUT2D eigenvalue weighted by Crippen LogP contribution is 2.45. The van der Waals surface area contributed by atoms with Crippen molar-refractivity contribution in [2.75, 3.05) is 27.7 Å². The molecule has 3 unspecified atom stereocenters. The van der Waals surface area contributed by atoms with Gasteiger partial charge in [0.15, 0.2) is 0 Å². The van der Waals surface area contributed by atoms with E-state index in [9.17, 15) is 5.11 Å². The van der Waals surface area contributed by atoms with Crippen molar-refractivity contribution in [3.63, 3.8) is 0 Å². The molecular formula is C24H29NO2. The van der Waals surface area contributed by atoms with E-state index < -0.39 is 5.60 Å². The average molecular weight is 364 g/mol. The molecule has 1 fully saturated rings. The molecule has 0 amide bonds. The summed E-state index contributed by atoms with van der Waals surface area (Å²) in [6.45, 7) is 0.820. The summed E-state index contributed by atoms with van der Waals surface area (Å²) in [5.41, 5.74) is 0.970. The molecule has 3 rings (SSSR count). The summed E-state index contributed by atoms with van der Waals surface area (Å²) in [6.07, 6.45) is 3.01. The number of nitrogens with zero attached hydrogens (tertiary/aromatic N) is 1. The predicted octanol–water partition coefficient (Wildman–Crippen LogP) is 3.92. The van der Waals surface area contributed by atoms with Gasteiger partial charge in [0, 0.05) is 23.9 Å². The van der Waals surface area contributed by atoms with E-state index in [1.54, 1.807) is 7.11 Å². The lowest BCUT2D eigenvalue weighted by Gasteiger charge is -2.44. The second-order valence-electron chi connectivity index (χ2n) is 7.66. The number of ether oxygens (including phenoxy) is 1. The Bertz CT molecular complexity index is 806. The minimum Gasteiger partial charge on any atom is -0.497 e. The summed E-state index contributed by atoms with van der Waals surface area (Å²) >= 11 is 0. The van der Waals surface area contributed by atoms with Crippen molar-refractivity contribution in [1.29, 1.82) is 0 Å². The topological polar surface area (TPSA) is 32.7 Å². The van der Waals surface area contributed by atoms with Crippen molar-refractivity contribution in [2.24, 2.45) is 5.92 Å². The van der Waals surface area contributed by atoms with Gasteiger partial charge in [0.25, 0.3) is 0 Å². The Morgan fingerprint density at radius 2 is 1.89 bits per heavy atom. The predicted molar refractivity (Wildman–Crippen MR) is 110 cm³/mol. The first-order chi connectivity index (χ1) is 13.0. The molecule has 27 heavy (non-hydrogen) atoms. The zero-order chi connectivity index (χ0) is 19.3. The summed E-state index contributed by atoms with van der Waals surface area (Å²) in [5.74, 6) is 7.43. The molecule has 3 heteroatoms. The van der Waals surface area contributed by atoms with Crippen LogP contribution in [0.25, 0.3) is 0 Å². The third-order valence-electron chi connectivity index (χ3n) is 5.46. The summed E-state index contributed by atoms with van der Waals surface area (Å²) in [7, 11) is 5.79. The number of hydrogen-bond donors (Lipinski definition) is 1. The highest BCUT2D eigenvalue weighted by atomic mass is 16.5. The van der Waals surface area contributed by atoms with Crippen LogP contribution in [0.2, 0.25) is 0 Å². The Hall–Kier alpha value is -2.28. The van der Waals surface area contributed by atoms with Crippen LogP contribution in [0.1, 0.15) is 36.3 Å². The highest BCUT2D eigenvalue weighted by Gasteiger charge is 2.46. The molecule has 0 bridgehead atoms. The van der Waals surface area contributed by atoms with E-state index in [0.29, 0.717) is 0 Å². The fourth-order valence-corrected chi connectivity index (χ4v) is 4.13. The molecule has 1 aliphatic rings. The Balaban J connectivity index is 2.02. The van der Waals surface area contributed by atoms with Gasteiger partial charge in [-0.2, -0.15) is 0 Å². The summed E-state index contributed by atoms with van der Waals surface area (Å²) < 4.78 is 5.41. The molecule has 0 aromatic heterocycles. The normalized spacial score (nSPS) is 24.9. The molecule has 0 aliphatic heterocycles. The molecule has 3 nitrogen and oxygen atoms in total. The van der Waals surface area contributed by atoms with Gasteiger partial charge in [-0.15, -0.1) is 0 Å². The standard InChI is InChI=1S/C24H29NO2/c1-25(2)18-21-12-8-14-23(20-11-7-13-22(17-20)27-3)24(21,26)16-15-19-9-5-4-6-10-19/h4-7,9-11,13,17,21,23,26H,8,12,14,18H2,1-3H3. The minimum absolute atomic E-state index is 0.0255. The van der Waals surface area contributed by atoms with Gasteiger partial charge in [-0.25, -0.2) is 0 Å². The molecule has 0 heterocycles. The van der Waals surface area contributed by atoms with Gasteiger partial charge in [0.2, 0.25) is 0 Å². The van der Waals surface area contributed by atoms with Crippen molar-refractivity contribution in [3.8, 4) is 17.6 Å². The van der Waals surface area contributed by atoms with Gasteiger partial charge >= 0.3 is 0 Å². The Morgan fingerprint density at radius 1 is 1.11 bits per heavy atom. The number of aliphatic hydroxyl groups is 1. The summed E-state index contributed by atoms with van der Waals surface area (Å²) in [5, 5.41) is 11.9. The maximum atomic E-state index is 11.9.